The van der Waals surface area contributed by atoms with Gasteiger partial charge in [0.25, 0.3) is 0 Å². The molecule has 27 heavy (non-hydrogen) atoms. The van der Waals surface area contributed by atoms with Gasteiger partial charge in [0.1, 0.15) is 0 Å². The summed E-state index contributed by atoms with van der Waals surface area (Å²) in [5.74, 6) is 0.277. The second-order valence-corrected chi connectivity index (χ2v) is 8.49. The van der Waals surface area contributed by atoms with Gasteiger partial charge in [-0.05, 0) is 31.7 Å². The molecule has 2 heterocycles. The molecule has 4 rings (SSSR count). The number of likely N-dealkylation sites (tertiary alicyclic amines) is 1. The zero-order valence-corrected chi connectivity index (χ0v) is 16.5. The zero-order valence-electron chi connectivity index (χ0n) is 15.6. The number of hydrogen-bond acceptors (Lipinski definition) is 4. The van der Waals surface area contributed by atoms with Crippen LogP contribution in [0.4, 0.5) is 0 Å². The highest BCUT2D eigenvalue weighted by molar-refractivity contribution is 7.09. The first-order valence-corrected chi connectivity index (χ1v) is 10.5. The Labute approximate surface area is 164 Å². The molecule has 0 N–H and O–H groups in total. The molecule has 1 saturated heterocycles. The fourth-order valence-electron chi connectivity index (χ4n) is 3.74. The van der Waals surface area contributed by atoms with Crippen LogP contribution in [0.3, 0.4) is 0 Å². The van der Waals surface area contributed by atoms with E-state index in [0.717, 1.165) is 29.0 Å². The number of rotatable bonds is 6. The van der Waals surface area contributed by atoms with E-state index in [0.29, 0.717) is 38.5 Å². The summed E-state index contributed by atoms with van der Waals surface area (Å²) in [5.41, 5.74) is 3.95. The van der Waals surface area contributed by atoms with E-state index in [1.807, 2.05) is 40.4 Å². The Morgan fingerprint density at radius 2 is 2.00 bits per heavy atom. The number of carbonyl (C=O) groups excluding carboxylic acids is 2. The topological polar surface area (TPSA) is 53.5 Å². The normalized spacial score (nSPS) is 20.0. The van der Waals surface area contributed by atoms with Gasteiger partial charge in [-0.15, -0.1) is 11.3 Å². The van der Waals surface area contributed by atoms with Crippen LogP contribution in [0.15, 0.2) is 35.8 Å². The van der Waals surface area contributed by atoms with Gasteiger partial charge in [-0.25, -0.2) is 4.98 Å². The second-order valence-electron chi connectivity index (χ2n) is 7.55. The maximum Gasteiger partial charge on any atom is 0.228 e. The largest absolute Gasteiger partial charge is 0.339 e. The molecule has 0 bridgehead atoms. The predicted molar refractivity (Wildman–Crippen MR) is 105 cm³/mol. The predicted octanol–water partition coefficient (Wildman–Crippen LogP) is 3.38. The summed E-state index contributed by atoms with van der Waals surface area (Å²) >= 11 is 1.60. The van der Waals surface area contributed by atoms with E-state index in [1.165, 1.54) is 0 Å². The number of carbonyl (C=O) groups is 2. The molecule has 0 spiro atoms. The van der Waals surface area contributed by atoms with Gasteiger partial charge in [-0.2, -0.15) is 0 Å². The molecule has 1 aliphatic heterocycles. The molecule has 6 heteroatoms. The van der Waals surface area contributed by atoms with Crippen LogP contribution in [-0.4, -0.2) is 39.2 Å². The van der Waals surface area contributed by atoms with Gasteiger partial charge in [-0.1, -0.05) is 30.3 Å². The quantitative estimate of drug-likeness (QED) is 0.768. The third-order valence-corrected chi connectivity index (χ3v) is 6.41. The van der Waals surface area contributed by atoms with Crippen molar-refractivity contribution in [1.82, 2.24) is 14.8 Å². The molecule has 1 aliphatic carbocycles. The third kappa shape index (κ3) is 4.21. The summed E-state index contributed by atoms with van der Waals surface area (Å²) in [6.07, 6.45) is 3.32. The first kappa shape index (κ1) is 18.2. The Morgan fingerprint density at radius 3 is 2.67 bits per heavy atom. The molecule has 2 aromatic rings. The van der Waals surface area contributed by atoms with Crippen molar-refractivity contribution in [3.05, 3.63) is 52.0 Å². The molecule has 2 aliphatic rings. The van der Waals surface area contributed by atoms with Crippen LogP contribution < -0.4 is 0 Å². The van der Waals surface area contributed by atoms with Crippen molar-refractivity contribution < 1.29 is 9.59 Å². The molecule has 1 aromatic heterocycles. The van der Waals surface area contributed by atoms with E-state index in [9.17, 15) is 9.59 Å². The number of thiazole rings is 1. The number of piperidine rings is 1. The highest BCUT2D eigenvalue weighted by Crippen LogP contribution is 2.32. The average molecular weight is 384 g/mol. The lowest BCUT2D eigenvalue weighted by Crippen LogP contribution is -2.47. The highest BCUT2D eigenvalue weighted by Gasteiger charge is 2.39. The van der Waals surface area contributed by atoms with Crippen molar-refractivity contribution in [2.24, 2.45) is 5.92 Å². The van der Waals surface area contributed by atoms with Crippen molar-refractivity contribution in [2.45, 2.75) is 51.7 Å². The number of nitrogens with zero attached hydrogens (tertiary/aromatic N) is 3. The molecule has 2 fully saturated rings. The SMILES string of the molecule is Cc1ncsc1CN(Cc1ccccc1)C(=O)[C@@H]1CCC(=O)N(C2CC2)C1. The number of amides is 2. The van der Waals surface area contributed by atoms with Gasteiger partial charge >= 0.3 is 0 Å². The molecule has 1 atom stereocenters. The lowest BCUT2D eigenvalue weighted by Gasteiger charge is -2.35. The summed E-state index contributed by atoms with van der Waals surface area (Å²) in [6.45, 7) is 3.74. The summed E-state index contributed by atoms with van der Waals surface area (Å²) in [5, 5.41) is 0. The Hall–Kier alpha value is -2.21. The molecule has 5 nitrogen and oxygen atoms in total. The highest BCUT2D eigenvalue weighted by atomic mass is 32.1. The van der Waals surface area contributed by atoms with Gasteiger partial charge in [0.15, 0.2) is 0 Å². The van der Waals surface area contributed by atoms with Gasteiger partial charge in [0.05, 0.1) is 23.7 Å². The van der Waals surface area contributed by atoms with Crippen LogP contribution in [0, 0.1) is 12.8 Å². The zero-order chi connectivity index (χ0) is 18.8. The minimum atomic E-state index is -0.0970. The maximum atomic E-state index is 13.4. The van der Waals surface area contributed by atoms with Crippen LogP contribution >= 0.6 is 11.3 Å². The van der Waals surface area contributed by atoms with Crippen molar-refractivity contribution in [1.29, 1.82) is 0 Å². The summed E-state index contributed by atoms with van der Waals surface area (Å²) < 4.78 is 0. The van der Waals surface area contributed by atoms with Crippen molar-refractivity contribution in [2.75, 3.05) is 6.54 Å². The summed E-state index contributed by atoms with van der Waals surface area (Å²) in [7, 11) is 0. The monoisotopic (exact) mass is 383 g/mol. The van der Waals surface area contributed by atoms with Crippen LogP contribution in [0.25, 0.3) is 0 Å². The van der Waals surface area contributed by atoms with Crippen LogP contribution in [0.1, 0.15) is 41.8 Å². The summed E-state index contributed by atoms with van der Waals surface area (Å²) in [6, 6.07) is 10.5. The molecule has 2 amide bonds. The first-order chi connectivity index (χ1) is 13.1. The number of aromatic nitrogens is 1. The molecular weight excluding hydrogens is 358 g/mol. The Balaban J connectivity index is 1.52. The Bertz CT molecular complexity index is 816. The smallest absolute Gasteiger partial charge is 0.228 e. The fourth-order valence-corrected chi connectivity index (χ4v) is 4.53. The van der Waals surface area contributed by atoms with Gasteiger partial charge < -0.3 is 9.80 Å². The van der Waals surface area contributed by atoms with E-state index in [2.05, 4.69) is 17.1 Å². The van der Waals surface area contributed by atoms with Crippen LogP contribution in [0.5, 0.6) is 0 Å². The van der Waals surface area contributed by atoms with Crippen molar-refractivity contribution >= 4 is 23.2 Å². The second kappa shape index (κ2) is 7.80. The lowest BCUT2D eigenvalue weighted by molar-refractivity contribution is -0.144. The third-order valence-electron chi connectivity index (χ3n) is 5.49. The molecule has 1 aromatic carbocycles. The van der Waals surface area contributed by atoms with E-state index in [-0.39, 0.29) is 17.7 Å². The van der Waals surface area contributed by atoms with Gasteiger partial charge in [0, 0.05) is 30.4 Å². The van der Waals surface area contributed by atoms with Crippen molar-refractivity contribution in [3.63, 3.8) is 0 Å². The molecule has 1 saturated carbocycles. The molecular formula is C21H25N3O2S. The van der Waals surface area contributed by atoms with Crippen molar-refractivity contribution in [3.8, 4) is 0 Å². The Kier molecular flexibility index (Phi) is 5.25. The van der Waals surface area contributed by atoms with E-state index < -0.39 is 0 Å². The number of benzene rings is 1. The van der Waals surface area contributed by atoms with Gasteiger partial charge in [-0.3, -0.25) is 9.59 Å². The average Bonchev–Trinajstić information content (AvgIpc) is 3.45. The van der Waals surface area contributed by atoms with Gasteiger partial charge in [0.2, 0.25) is 11.8 Å². The van der Waals surface area contributed by atoms with Crippen LogP contribution in [-0.2, 0) is 22.7 Å². The Morgan fingerprint density at radius 1 is 1.22 bits per heavy atom. The lowest BCUT2D eigenvalue weighted by atomic mass is 9.95. The van der Waals surface area contributed by atoms with E-state index in [1.54, 1.807) is 11.3 Å². The number of aryl methyl sites for hydroxylation is 1. The minimum Gasteiger partial charge on any atom is -0.339 e. The minimum absolute atomic E-state index is 0.0970. The molecule has 142 valence electrons. The first-order valence-electron chi connectivity index (χ1n) is 9.63. The standard InChI is InChI=1S/C21H25N3O2S/c1-15-19(27-14-22-15)13-23(11-16-5-3-2-4-6-16)21(26)17-7-10-20(25)24(12-17)18-8-9-18/h2-6,14,17-18H,7-13H2,1H3/t17-/m1/s1. The number of hydrogen-bond donors (Lipinski definition) is 0. The maximum absolute atomic E-state index is 13.4. The fraction of sp³-hybridized carbons (Fsp3) is 0.476. The summed E-state index contributed by atoms with van der Waals surface area (Å²) in [4.78, 5) is 35.0. The molecule has 0 radical (unpaired) electrons. The molecule has 0 unspecified atom stereocenters. The van der Waals surface area contributed by atoms with Crippen LogP contribution in [0.2, 0.25) is 0 Å². The van der Waals surface area contributed by atoms with E-state index >= 15 is 0 Å². The van der Waals surface area contributed by atoms with E-state index in [4.69, 9.17) is 0 Å².